The maximum absolute atomic E-state index is 10.8. The molecule has 0 fully saturated rings. The van der Waals surface area contributed by atoms with Crippen LogP contribution in [0.4, 0.5) is 5.69 Å². The number of nitro groups is 1. The van der Waals surface area contributed by atoms with Crippen molar-refractivity contribution in [3.63, 3.8) is 0 Å². The van der Waals surface area contributed by atoms with Gasteiger partial charge in [0.15, 0.2) is 0 Å². The highest BCUT2D eigenvalue weighted by atomic mass is 79.9. The minimum Gasteiger partial charge on any atom is -0.488 e. The molecule has 0 radical (unpaired) electrons. The molecule has 20 heavy (non-hydrogen) atoms. The second kappa shape index (κ2) is 6.02. The summed E-state index contributed by atoms with van der Waals surface area (Å²) in [4.78, 5) is 21.2. The minimum absolute atomic E-state index is 0.0392. The second-order valence-electron chi connectivity index (χ2n) is 3.75. The van der Waals surface area contributed by atoms with Crippen molar-refractivity contribution in [2.24, 2.45) is 0 Å². The van der Waals surface area contributed by atoms with Crippen molar-refractivity contribution in [1.82, 2.24) is 0 Å². The van der Waals surface area contributed by atoms with Gasteiger partial charge in [-0.05, 0) is 15.9 Å². The number of halogens is 1. The minimum atomic E-state index is -1.01. The Hall–Kier alpha value is -1.93. The molecule has 0 unspecified atom stereocenters. The number of rotatable bonds is 5. The van der Waals surface area contributed by atoms with Gasteiger partial charge in [0.2, 0.25) is 0 Å². The highest BCUT2D eigenvalue weighted by Crippen LogP contribution is 2.30. The zero-order valence-corrected chi connectivity index (χ0v) is 12.3. The number of carboxylic acid groups (broad SMARTS) is 1. The lowest BCUT2D eigenvalue weighted by Gasteiger charge is -2.06. The largest absolute Gasteiger partial charge is 0.488 e. The van der Waals surface area contributed by atoms with Crippen molar-refractivity contribution in [1.29, 1.82) is 0 Å². The third-order valence-corrected chi connectivity index (χ3v) is 4.25. The van der Waals surface area contributed by atoms with Crippen molar-refractivity contribution in [3.8, 4) is 5.75 Å². The standard InChI is InChI=1S/C12H8BrNO5S/c13-11-7(2-1-3-9(11)14(17)18)5-19-8-4-10(12(15)16)20-6-8/h1-4,6H,5H2,(H,15,16). The van der Waals surface area contributed by atoms with Gasteiger partial charge in [0.1, 0.15) is 21.7 Å². The molecule has 8 heteroatoms. The van der Waals surface area contributed by atoms with Crippen molar-refractivity contribution >= 4 is 38.9 Å². The van der Waals surface area contributed by atoms with Crippen LogP contribution in [-0.4, -0.2) is 16.0 Å². The van der Waals surface area contributed by atoms with Gasteiger partial charge in [-0.2, -0.15) is 0 Å². The zero-order chi connectivity index (χ0) is 14.7. The van der Waals surface area contributed by atoms with Gasteiger partial charge in [0, 0.05) is 23.1 Å². The quantitative estimate of drug-likeness (QED) is 0.650. The van der Waals surface area contributed by atoms with Crippen LogP contribution in [0.25, 0.3) is 0 Å². The molecule has 2 aromatic rings. The fourth-order valence-corrected chi connectivity index (χ4v) is 2.67. The summed E-state index contributed by atoms with van der Waals surface area (Å²) in [6.45, 7) is 0.109. The number of benzene rings is 1. The van der Waals surface area contributed by atoms with Gasteiger partial charge in [0.05, 0.1) is 4.92 Å². The van der Waals surface area contributed by atoms with E-state index in [0.29, 0.717) is 15.8 Å². The van der Waals surface area contributed by atoms with Crippen LogP contribution in [0.15, 0.2) is 34.1 Å². The Morgan fingerprint density at radius 1 is 1.50 bits per heavy atom. The first-order valence-corrected chi connectivity index (χ1v) is 7.02. The number of hydrogen-bond acceptors (Lipinski definition) is 5. The molecule has 0 atom stereocenters. The van der Waals surface area contributed by atoms with Crippen LogP contribution in [0.3, 0.4) is 0 Å². The summed E-state index contributed by atoms with van der Waals surface area (Å²) in [5.74, 6) is -0.591. The maximum Gasteiger partial charge on any atom is 0.346 e. The normalized spacial score (nSPS) is 10.2. The van der Waals surface area contributed by atoms with E-state index in [2.05, 4.69) is 15.9 Å². The molecular formula is C12H8BrNO5S. The summed E-state index contributed by atoms with van der Waals surface area (Å²) in [6.07, 6.45) is 0. The summed E-state index contributed by atoms with van der Waals surface area (Å²) < 4.78 is 5.79. The van der Waals surface area contributed by atoms with E-state index in [4.69, 9.17) is 9.84 Å². The first-order valence-electron chi connectivity index (χ1n) is 5.35. The number of aromatic carboxylic acids is 1. The van der Waals surface area contributed by atoms with E-state index in [1.54, 1.807) is 17.5 Å². The fraction of sp³-hybridized carbons (Fsp3) is 0.0833. The Labute approximate surface area is 125 Å². The summed E-state index contributed by atoms with van der Waals surface area (Å²) >= 11 is 4.23. The van der Waals surface area contributed by atoms with Crippen molar-refractivity contribution < 1.29 is 19.6 Å². The predicted molar refractivity (Wildman–Crippen MR) is 76.4 cm³/mol. The van der Waals surface area contributed by atoms with Gasteiger partial charge in [-0.1, -0.05) is 12.1 Å². The van der Waals surface area contributed by atoms with E-state index in [-0.39, 0.29) is 17.2 Å². The van der Waals surface area contributed by atoms with E-state index in [1.165, 1.54) is 12.1 Å². The zero-order valence-electron chi connectivity index (χ0n) is 9.91. The molecule has 1 aromatic heterocycles. The molecule has 1 heterocycles. The molecular weight excluding hydrogens is 350 g/mol. The van der Waals surface area contributed by atoms with Gasteiger partial charge in [0.25, 0.3) is 5.69 Å². The average molecular weight is 358 g/mol. The van der Waals surface area contributed by atoms with Crippen LogP contribution < -0.4 is 4.74 Å². The van der Waals surface area contributed by atoms with Gasteiger partial charge >= 0.3 is 5.97 Å². The average Bonchev–Trinajstić information content (AvgIpc) is 2.86. The lowest BCUT2D eigenvalue weighted by Crippen LogP contribution is -1.98. The fourth-order valence-electron chi connectivity index (χ4n) is 1.49. The summed E-state index contributed by atoms with van der Waals surface area (Å²) in [6, 6.07) is 6.07. The molecule has 0 aliphatic rings. The smallest absolute Gasteiger partial charge is 0.346 e. The second-order valence-corrected chi connectivity index (χ2v) is 5.45. The third-order valence-electron chi connectivity index (χ3n) is 2.44. The molecule has 0 saturated heterocycles. The van der Waals surface area contributed by atoms with E-state index in [0.717, 1.165) is 11.3 Å². The molecule has 104 valence electrons. The lowest BCUT2D eigenvalue weighted by molar-refractivity contribution is -0.385. The molecule has 0 spiro atoms. The Balaban J connectivity index is 2.12. The number of nitro benzene ring substituents is 1. The van der Waals surface area contributed by atoms with Crippen LogP contribution in [-0.2, 0) is 6.61 Å². The van der Waals surface area contributed by atoms with E-state index >= 15 is 0 Å². The van der Waals surface area contributed by atoms with Crippen LogP contribution >= 0.6 is 27.3 Å². The lowest BCUT2D eigenvalue weighted by atomic mass is 10.2. The molecule has 0 saturated carbocycles. The van der Waals surface area contributed by atoms with Gasteiger partial charge < -0.3 is 9.84 Å². The molecule has 1 aromatic carbocycles. The Kier molecular flexibility index (Phi) is 4.35. The molecule has 0 aliphatic carbocycles. The van der Waals surface area contributed by atoms with Gasteiger partial charge in [-0.3, -0.25) is 10.1 Å². The SMILES string of the molecule is O=C(O)c1cc(OCc2cccc([N+](=O)[O-])c2Br)cs1. The van der Waals surface area contributed by atoms with Crippen molar-refractivity contribution in [3.05, 3.63) is 54.7 Å². The molecule has 0 amide bonds. The first kappa shape index (κ1) is 14.5. The molecule has 0 aliphatic heterocycles. The number of carboxylic acids is 1. The van der Waals surface area contributed by atoms with Crippen LogP contribution in [0.1, 0.15) is 15.2 Å². The Morgan fingerprint density at radius 3 is 2.85 bits per heavy atom. The molecule has 2 rings (SSSR count). The topological polar surface area (TPSA) is 89.7 Å². The predicted octanol–water partition coefficient (Wildman–Crippen LogP) is 3.70. The number of hydrogen-bond donors (Lipinski definition) is 1. The summed E-state index contributed by atoms with van der Waals surface area (Å²) in [7, 11) is 0. The molecule has 0 bridgehead atoms. The van der Waals surface area contributed by atoms with Gasteiger partial charge in [-0.15, -0.1) is 11.3 Å². The first-order chi connectivity index (χ1) is 9.49. The van der Waals surface area contributed by atoms with Crippen molar-refractivity contribution in [2.45, 2.75) is 6.61 Å². The number of nitrogens with zero attached hydrogens (tertiary/aromatic N) is 1. The van der Waals surface area contributed by atoms with E-state index in [1.807, 2.05) is 0 Å². The van der Waals surface area contributed by atoms with Crippen LogP contribution in [0.5, 0.6) is 5.75 Å². The van der Waals surface area contributed by atoms with E-state index < -0.39 is 10.9 Å². The highest BCUT2D eigenvalue weighted by molar-refractivity contribution is 9.10. The van der Waals surface area contributed by atoms with Crippen LogP contribution in [0.2, 0.25) is 0 Å². The Bertz CT molecular complexity index is 670. The Morgan fingerprint density at radius 2 is 2.25 bits per heavy atom. The summed E-state index contributed by atoms with van der Waals surface area (Å²) in [5, 5.41) is 21.2. The molecule has 1 N–H and O–H groups in total. The summed E-state index contributed by atoms with van der Waals surface area (Å²) in [5.41, 5.74) is 0.574. The number of carbonyl (C=O) groups is 1. The van der Waals surface area contributed by atoms with Crippen LogP contribution in [0, 0.1) is 10.1 Å². The third kappa shape index (κ3) is 3.14. The van der Waals surface area contributed by atoms with E-state index in [9.17, 15) is 14.9 Å². The van der Waals surface area contributed by atoms with Crippen molar-refractivity contribution in [2.75, 3.05) is 0 Å². The van der Waals surface area contributed by atoms with Gasteiger partial charge in [-0.25, -0.2) is 4.79 Å². The number of thiophene rings is 1. The highest BCUT2D eigenvalue weighted by Gasteiger charge is 2.15. The monoisotopic (exact) mass is 357 g/mol. The number of ether oxygens (including phenoxy) is 1. The molecule has 6 nitrogen and oxygen atoms in total. The maximum atomic E-state index is 10.8.